The van der Waals surface area contributed by atoms with Crippen LogP contribution in [0.2, 0.25) is 0 Å². The second-order valence-electron chi connectivity index (χ2n) is 5.63. The molecule has 0 aromatic carbocycles. The number of furan rings is 1. The highest BCUT2D eigenvalue weighted by Gasteiger charge is 2.18. The van der Waals surface area contributed by atoms with Crippen LogP contribution in [0.4, 0.5) is 5.82 Å². The zero-order valence-electron chi connectivity index (χ0n) is 13.6. The minimum absolute atomic E-state index is 0.245. The first-order valence-corrected chi connectivity index (χ1v) is 8.14. The summed E-state index contributed by atoms with van der Waals surface area (Å²) in [7, 11) is 0. The van der Waals surface area contributed by atoms with Gasteiger partial charge in [-0.05, 0) is 12.1 Å². The average molecular weight is 342 g/mol. The lowest BCUT2D eigenvalue weighted by atomic mass is 10.3. The number of carbonyl (C=O) groups excluding carboxylic acids is 1. The summed E-state index contributed by atoms with van der Waals surface area (Å²) in [5, 5.41) is 8.10. The van der Waals surface area contributed by atoms with E-state index in [2.05, 4.69) is 25.3 Å². The van der Waals surface area contributed by atoms with Crippen LogP contribution in [0.5, 0.6) is 0 Å². The van der Waals surface area contributed by atoms with Crippen molar-refractivity contribution in [2.45, 2.75) is 6.54 Å². The number of nitrogens with zero attached hydrogens (tertiary/aromatic N) is 5. The van der Waals surface area contributed by atoms with E-state index in [9.17, 15) is 4.79 Å². The van der Waals surface area contributed by atoms with Gasteiger partial charge in [0, 0.05) is 19.6 Å². The smallest absolute Gasteiger partial charge is 0.287 e. The summed E-state index contributed by atoms with van der Waals surface area (Å²) < 4.78 is 12.2. The normalized spacial score (nSPS) is 14.8. The fourth-order valence-corrected chi connectivity index (χ4v) is 2.84. The highest BCUT2D eigenvalue weighted by Crippen LogP contribution is 2.23. The molecule has 9 heteroatoms. The zero-order valence-corrected chi connectivity index (χ0v) is 13.6. The van der Waals surface area contributed by atoms with Gasteiger partial charge in [-0.2, -0.15) is 5.10 Å². The number of ether oxygens (including phenoxy) is 1. The molecule has 0 atom stereocenters. The maximum absolute atomic E-state index is 11.9. The number of hydrogen-bond donors (Lipinski definition) is 1. The Morgan fingerprint density at radius 2 is 2.16 bits per heavy atom. The topological polar surface area (TPSA) is 98.3 Å². The summed E-state index contributed by atoms with van der Waals surface area (Å²) in [5.41, 5.74) is 0.753. The number of hydrogen-bond acceptors (Lipinski definition) is 7. The number of morpholine rings is 1. The Morgan fingerprint density at radius 1 is 1.28 bits per heavy atom. The average Bonchev–Trinajstić information content (AvgIpc) is 3.32. The van der Waals surface area contributed by atoms with Crippen molar-refractivity contribution < 1.29 is 13.9 Å². The summed E-state index contributed by atoms with van der Waals surface area (Å²) in [5.74, 6) is 0.923. The molecule has 0 bridgehead atoms. The quantitative estimate of drug-likeness (QED) is 0.728. The molecule has 1 amide bonds. The summed E-state index contributed by atoms with van der Waals surface area (Å²) in [6.07, 6.45) is 4.79. The van der Waals surface area contributed by atoms with E-state index in [4.69, 9.17) is 9.15 Å². The van der Waals surface area contributed by atoms with Gasteiger partial charge in [0.05, 0.1) is 37.6 Å². The van der Waals surface area contributed by atoms with Crippen LogP contribution in [0, 0.1) is 0 Å². The molecular weight excluding hydrogens is 324 g/mol. The monoisotopic (exact) mass is 342 g/mol. The Labute approximate surface area is 143 Å². The fraction of sp³-hybridized carbons (Fsp3) is 0.375. The minimum atomic E-state index is -0.245. The van der Waals surface area contributed by atoms with E-state index in [-0.39, 0.29) is 5.91 Å². The van der Waals surface area contributed by atoms with Crippen LogP contribution >= 0.6 is 0 Å². The molecule has 1 saturated heterocycles. The largest absolute Gasteiger partial charge is 0.459 e. The zero-order chi connectivity index (χ0) is 17.1. The molecule has 1 N–H and O–H groups in total. The van der Waals surface area contributed by atoms with Crippen molar-refractivity contribution in [3.63, 3.8) is 0 Å². The molecule has 0 aliphatic carbocycles. The summed E-state index contributed by atoms with van der Waals surface area (Å²) >= 11 is 0. The molecule has 1 fully saturated rings. The van der Waals surface area contributed by atoms with E-state index in [1.54, 1.807) is 29.3 Å². The third-order valence-corrected chi connectivity index (χ3v) is 4.08. The Bertz CT molecular complexity index is 854. The standard InChI is InChI=1S/C16H18N6O3/c23-16(13-2-1-7-25-13)17-3-4-22-15-12(10-20-22)14(18-11-19-15)21-5-8-24-9-6-21/h1-2,7,10-11H,3-6,8-9H2,(H,17,23). The third kappa shape index (κ3) is 3.18. The summed E-state index contributed by atoms with van der Waals surface area (Å²) in [4.78, 5) is 22.8. The number of aromatic nitrogens is 4. The van der Waals surface area contributed by atoms with Crippen molar-refractivity contribution >= 4 is 22.8 Å². The molecule has 9 nitrogen and oxygen atoms in total. The number of nitrogens with one attached hydrogen (secondary N) is 1. The Balaban J connectivity index is 1.46. The van der Waals surface area contributed by atoms with E-state index in [0.29, 0.717) is 32.1 Å². The molecule has 0 radical (unpaired) electrons. The SMILES string of the molecule is O=C(NCCn1ncc2c(N3CCOCC3)ncnc21)c1ccco1. The van der Waals surface area contributed by atoms with Crippen molar-refractivity contribution in [1.82, 2.24) is 25.1 Å². The molecule has 1 aliphatic rings. The molecule has 4 rings (SSSR count). The second-order valence-corrected chi connectivity index (χ2v) is 5.63. The number of amides is 1. The van der Waals surface area contributed by atoms with Crippen LogP contribution in [0.3, 0.4) is 0 Å². The van der Waals surface area contributed by atoms with Crippen LogP contribution in [-0.2, 0) is 11.3 Å². The van der Waals surface area contributed by atoms with Crippen molar-refractivity contribution in [2.75, 3.05) is 37.7 Å². The second kappa shape index (κ2) is 6.89. The molecule has 0 saturated carbocycles. The van der Waals surface area contributed by atoms with E-state index in [1.807, 2.05) is 0 Å². The van der Waals surface area contributed by atoms with Gasteiger partial charge in [-0.1, -0.05) is 0 Å². The van der Waals surface area contributed by atoms with Crippen molar-refractivity contribution in [1.29, 1.82) is 0 Å². The number of anilines is 1. The molecule has 4 heterocycles. The molecule has 3 aromatic heterocycles. The third-order valence-electron chi connectivity index (χ3n) is 4.08. The maximum atomic E-state index is 11.9. The maximum Gasteiger partial charge on any atom is 0.287 e. The van der Waals surface area contributed by atoms with Gasteiger partial charge in [-0.3, -0.25) is 4.79 Å². The highest BCUT2D eigenvalue weighted by molar-refractivity contribution is 5.91. The van der Waals surface area contributed by atoms with Gasteiger partial charge in [0.25, 0.3) is 5.91 Å². The lowest BCUT2D eigenvalue weighted by Crippen LogP contribution is -2.36. The van der Waals surface area contributed by atoms with E-state index in [1.165, 1.54) is 6.26 Å². The Morgan fingerprint density at radius 3 is 2.96 bits per heavy atom. The minimum Gasteiger partial charge on any atom is -0.459 e. The predicted octanol–water partition coefficient (Wildman–Crippen LogP) is 0.686. The number of carbonyl (C=O) groups is 1. The van der Waals surface area contributed by atoms with Crippen molar-refractivity contribution in [3.05, 3.63) is 36.7 Å². The molecular formula is C16H18N6O3. The van der Waals surface area contributed by atoms with Crippen LogP contribution in [0.25, 0.3) is 11.0 Å². The van der Waals surface area contributed by atoms with Crippen LogP contribution in [0.1, 0.15) is 10.6 Å². The molecule has 1 aliphatic heterocycles. The first-order valence-electron chi connectivity index (χ1n) is 8.14. The first-order chi connectivity index (χ1) is 12.3. The molecule has 0 spiro atoms. The van der Waals surface area contributed by atoms with Crippen LogP contribution in [0.15, 0.2) is 35.3 Å². The van der Waals surface area contributed by atoms with E-state index in [0.717, 1.165) is 29.9 Å². The van der Waals surface area contributed by atoms with Gasteiger partial charge in [-0.15, -0.1) is 0 Å². The van der Waals surface area contributed by atoms with Gasteiger partial charge in [0.1, 0.15) is 12.1 Å². The fourth-order valence-electron chi connectivity index (χ4n) is 2.84. The number of rotatable bonds is 5. The van der Waals surface area contributed by atoms with E-state index < -0.39 is 0 Å². The number of fused-ring (bicyclic) bond motifs is 1. The summed E-state index contributed by atoms with van der Waals surface area (Å²) in [6, 6.07) is 3.31. The predicted molar refractivity (Wildman–Crippen MR) is 89.4 cm³/mol. The van der Waals surface area contributed by atoms with Gasteiger partial charge in [0.15, 0.2) is 11.4 Å². The van der Waals surface area contributed by atoms with Crippen LogP contribution in [-0.4, -0.2) is 58.5 Å². The van der Waals surface area contributed by atoms with Gasteiger partial charge >= 0.3 is 0 Å². The lowest BCUT2D eigenvalue weighted by molar-refractivity contribution is 0.0924. The van der Waals surface area contributed by atoms with Gasteiger partial charge in [0.2, 0.25) is 0 Å². The van der Waals surface area contributed by atoms with E-state index >= 15 is 0 Å². The Kier molecular flexibility index (Phi) is 4.30. The molecule has 130 valence electrons. The van der Waals surface area contributed by atoms with Gasteiger partial charge < -0.3 is 19.4 Å². The summed E-state index contributed by atoms with van der Waals surface area (Å²) in [6.45, 7) is 3.92. The van der Waals surface area contributed by atoms with Gasteiger partial charge in [-0.25, -0.2) is 14.6 Å². The molecule has 25 heavy (non-hydrogen) atoms. The first kappa shape index (κ1) is 15.6. The van der Waals surface area contributed by atoms with Crippen molar-refractivity contribution in [3.8, 4) is 0 Å². The van der Waals surface area contributed by atoms with Crippen molar-refractivity contribution in [2.24, 2.45) is 0 Å². The lowest BCUT2D eigenvalue weighted by Gasteiger charge is -2.27. The molecule has 3 aromatic rings. The van der Waals surface area contributed by atoms with Crippen LogP contribution < -0.4 is 10.2 Å². The Hall–Kier alpha value is -2.94. The highest BCUT2D eigenvalue weighted by atomic mass is 16.5. The molecule has 0 unspecified atom stereocenters.